The van der Waals surface area contributed by atoms with Crippen LogP contribution in [0, 0.1) is 0 Å². The normalized spacial score (nSPS) is 13.4. The highest BCUT2D eigenvalue weighted by Gasteiger charge is 2.50. The molecule has 0 atom stereocenters. The first-order chi connectivity index (χ1) is 25.3. The minimum Gasteiger partial charge on any atom is -0.457 e. The number of fused-ring (bicyclic) bond motifs is 12. The summed E-state index contributed by atoms with van der Waals surface area (Å²) in [6.45, 7) is 0. The molecule has 3 nitrogen and oxygen atoms in total. The number of hydrogen-bond donors (Lipinski definition) is 0. The van der Waals surface area contributed by atoms with Gasteiger partial charge in [-0.2, -0.15) is 0 Å². The van der Waals surface area contributed by atoms with Gasteiger partial charge in [0.25, 0.3) is 0 Å². The fourth-order valence-electron chi connectivity index (χ4n) is 8.46. The summed E-state index contributed by atoms with van der Waals surface area (Å²) in [4.78, 5) is 10.7. The molecule has 0 unspecified atom stereocenters. The van der Waals surface area contributed by atoms with Crippen molar-refractivity contribution in [2.75, 3.05) is 0 Å². The molecule has 0 saturated carbocycles. The van der Waals surface area contributed by atoms with E-state index in [0.717, 1.165) is 66.2 Å². The summed E-state index contributed by atoms with van der Waals surface area (Å²) < 4.78 is 9.14. The van der Waals surface area contributed by atoms with Crippen LogP contribution < -0.4 is 4.74 Å². The zero-order valence-corrected chi connectivity index (χ0v) is 28.2. The summed E-state index contributed by atoms with van der Waals surface area (Å²) in [6.07, 6.45) is 0. The number of ether oxygens (including phenoxy) is 1. The Bertz CT molecular complexity index is 2810. The van der Waals surface area contributed by atoms with Crippen molar-refractivity contribution < 1.29 is 4.74 Å². The van der Waals surface area contributed by atoms with E-state index in [0.29, 0.717) is 5.82 Å². The molecular formula is C47H28N2OS. The van der Waals surface area contributed by atoms with Crippen molar-refractivity contribution in [3.05, 3.63) is 192 Å². The number of rotatable bonds is 3. The van der Waals surface area contributed by atoms with Crippen LogP contribution in [0.4, 0.5) is 0 Å². The average molecular weight is 669 g/mol. The minimum atomic E-state index is -0.506. The number of para-hydroxylation sites is 1. The number of hydrogen-bond acceptors (Lipinski definition) is 4. The van der Waals surface area contributed by atoms with Crippen molar-refractivity contribution in [3.63, 3.8) is 0 Å². The van der Waals surface area contributed by atoms with E-state index in [9.17, 15) is 0 Å². The summed E-state index contributed by atoms with van der Waals surface area (Å²) in [7, 11) is 0. The van der Waals surface area contributed by atoms with E-state index in [1.54, 1.807) is 11.3 Å². The van der Waals surface area contributed by atoms with E-state index in [1.807, 2.05) is 6.07 Å². The van der Waals surface area contributed by atoms with Crippen LogP contribution in [0.15, 0.2) is 170 Å². The highest BCUT2D eigenvalue weighted by Crippen LogP contribution is 2.62. The first kappa shape index (κ1) is 28.5. The molecule has 7 aromatic carbocycles. The number of thiophene rings is 1. The van der Waals surface area contributed by atoms with Crippen molar-refractivity contribution in [1.82, 2.24) is 9.97 Å². The van der Waals surface area contributed by atoms with Crippen LogP contribution >= 0.6 is 11.3 Å². The predicted molar refractivity (Wildman–Crippen MR) is 209 cm³/mol. The molecule has 1 aliphatic heterocycles. The van der Waals surface area contributed by atoms with Crippen LogP contribution in [0.3, 0.4) is 0 Å². The van der Waals surface area contributed by atoms with E-state index in [4.69, 9.17) is 14.7 Å². The van der Waals surface area contributed by atoms with Gasteiger partial charge >= 0.3 is 0 Å². The van der Waals surface area contributed by atoms with Gasteiger partial charge in [-0.05, 0) is 51.6 Å². The van der Waals surface area contributed by atoms with E-state index in [1.165, 1.54) is 27.0 Å². The first-order valence-corrected chi connectivity index (χ1v) is 18.1. The second-order valence-corrected chi connectivity index (χ2v) is 14.3. The van der Waals surface area contributed by atoms with Gasteiger partial charge in [0.2, 0.25) is 0 Å². The molecule has 1 spiro atoms. The van der Waals surface area contributed by atoms with Gasteiger partial charge in [0.15, 0.2) is 5.82 Å². The Morgan fingerprint density at radius 2 is 1.06 bits per heavy atom. The Hall–Kier alpha value is -6.36. The highest BCUT2D eigenvalue weighted by molar-refractivity contribution is 7.26. The first-order valence-electron chi connectivity index (χ1n) is 17.2. The molecule has 51 heavy (non-hydrogen) atoms. The fourth-order valence-corrected chi connectivity index (χ4v) is 9.62. The zero-order chi connectivity index (χ0) is 33.5. The molecule has 238 valence electrons. The second kappa shape index (κ2) is 10.8. The van der Waals surface area contributed by atoms with E-state index in [2.05, 4.69) is 164 Å². The fraction of sp³-hybridized carbons (Fsp3) is 0.0213. The molecule has 9 aromatic rings. The van der Waals surface area contributed by atoms with Crippen LogP contribution in [0.1, 0.15) is 22.3 Å². The third-order valence-corrected chi connectivity index (χ3v) is 11.8. The molecule has 0 fully saturated rings. The standard InChI is InChI=1S/C47H28N2OS/c1-2-14-29(15-3-1)31-16-4-5-19-34(31)46-48-43(45-44(49-46)35-20-8-13-25-42(35)51-45)30-26-27-39-41(28-30)50-40-24-12-11-23-38(40)47(39)36-21-9-6-17-32(36)33-18-7-10-22-37(33)47/h1-28H. The number of aromatic nitrogens is 2. The van der Waals surface area contributed by atoms with Crippen molar-refractivity contribution in [2.24, 2.45) is 0 Å². The summed E-state index contributed by atoms with van der Waals surface area (Å²) in [6, 6.07) is 60.4. The molecular weight excluding hydrogens is 641 g/mol. The third-order valence-electron chi connectivity index (χ3n) is 10.6. The average Bonchev–Trinajstić information content (AvgIpc) is 3.72. The zero-order valence-electron chi connectivity index (χ0n) is 27.4. The van der Waals surface area contributed by atoms with Crippen LogP contribution in [0.2, 0.25) is 0 Å². The van der Waals surface area contributed by atoms with Crippen LogP contribution in [-0.2, 0) is 5.41 Å². The lowest BCUT2D eigenvalue weighted by Crippen LogP contribution is -2.32. The van der Waals surface area contributed by atoms with Gasteiger partial charge in [-0.25, -0.2) is 9.97 Å². The van der Waals surface area contributed by atoms with Crippen molar-refractivity contribution >= 4 is 31.6 Å². The molecule has 0 saturated heterocycles. The van der Waals surface area contributed by atoms with Crippen LogP contribution in [-0.4, -0.2) is 9.97 Å². The van der Waals surface area contributed by atoms with Gasteiger partial charge in [-0.1, -0.05) is 152 Å². The topological polar surface area (TPSA) is 35.0 Å². The monoisotopic (exact) mass is 668 g/mol. The molecule has 2 aromatic heterocycles. The summed E-state index contributed by atoms with van der Waals surface area (Å²) in [5.74, 6) is 2.43. The molecule has 3 heterocycles. The molecule has 2 aliphatic rings. The lowest BCUT2D eigenvalue weighted by Gasteiger charge is -2.39. The van der Waals surface area contributed by atoms with E-state index >= 15 is 0 Å². The predicted octanol–water partition coefficient (Wildman–Crippen LogP) is 12.3. The Balaban J connectivity index is 1.18. The van der Waals surface area contributed by atoms with Crippen LogP contribution in [0.25, 0.3) is 65.2 Å². The summed E-state index contributed by atoms with van der Waals surface area (Å²) in [5.41, 5.74) is 13.0. The smallest absolute Gasteiger partial charge is 0.161 e. The molecule has 0 amide bonds. The van der Waals surface area contributed by atoms with Gasteiger partial charge in [0, 0.05) is 32.3 Å². The number of benzene rings is 7. The molecule has 0 N–H and O–H groups in total. The van der Waals surface area contributed by atoms with E-state index < -0.39 is 5.41 Å². The van der Waals surface area contributed by atoms with Crippen LogP contribution in [0.5, 0.6) is 11.5 Å². The molecule has 4 heteroatoms. The maximum atomic E-state index is 6.88. The Morgan fingerprint density at radius 1 is 0.451 bits per heavy atom. The summed E-state index contributed by atoms with van der Waals surface area (Å²) in [5, 5.41) is 1.14. The Labute approximate surface area is 299 Å². The SMILES string of the molecule is c1ccc(-c2ccccc2-c2nc(-c3ccc4c(c3)Oc3ccccc3C43c4ccccc4-c4ccccc43)c3sc4ccccc4c3n2)cc1. The second-order valence-electron chi connectivity index (χ2n) is 13.2. The van der Waals surface area contributed by atoms with Gasteiger partial charge in [0.1, 0.15) is 11.5 Å². The Kier molecular flexibility index (Phi) is 6.04. The van der Waals surface area contributed by atoms with Crippen molar-refractivity contribution in [1.29, 1.82) is 0 Å². The molecule has 0 bridgehead atoms. The van der Waals surface area contributed by atoms with Gasteiger partial charge in [-0.15, -0.1) is 11.3 Å². The van der Waals surface area contributed by atoms with Crippen molar-refractivity contribution in [3.8, 4) is 56.4 Å². The highest BCUT2D eigenvalue weighted by atomic mass is 32.1. The lowest BCUT2D eigenvalue weighted by atomic mass is 9.66. The molecule has 0 radical (unpaired) electrons. The quantitative estimate of drug-likeness (QED) is 0.188. The van der Waals surface area contributed by atoms with Crippen molar-refractivity contribution in [2.45, 2.75) is 5.41 Å². The largest absolute Gasteiger partial charge is 0.457 e. The maximum absolute atomic E-state index is 6.88. The third kappa shape index (κ3) is 3.99. The van der Waals surface area contributed by atoms with Gasteiger partial charge < -0.3 is 4.74 Å². The molecule has 1 aliphatic carbocycles. The lowest BCUT2D eigenvalue weighted by molar-refractivity contribution is 0.436. The van der Waals surface area contributed by atoms with Gasteiger partial charge in [0.05, 0.1) is 21.3 Å². The number of nitrogens with zero attached hydrogens (tertiary/aromatic N) is 2. The Morgan fingerprint density at radius 3 is 1.84 bits per heavy atom. The van der Waals surface area contributed by atoms with Gasteiger partial charge in [-0.3, -0.25) is 0 Å². The summed E-state index contributed by atoms with van der Waals surface area (Å²) >= 11 is 1.75. The maximum Gasteiger partial charge on any atom is 0.161 e. The van der Waals surface area contributed by atoms with E-state index in [-0.39, 0.29) is 0 Å². The minimum absolute atomic E-state index is 0.506. The molecule has 11 rings (SSSR count).